The predicted octanol–water partition coefficient (Wildman–Crippen LogP) is 4.16. The Morgan fingerprint density at radius 1 is 1.30 bits per heavy atom. The lowest BCUT2D eigenvalue weighted by atomic mass is 10.2. The number of alkyl halides is 3. The van der Waals surface area contributed by atoms with Gasteiger partial charge in [0, 0.05) is 24.0 Å². The molecule has 2 rings (SSSR count). The summed E-state index contributed by atoms with van der Waals surface area (Å²) in [5.41, 5.74) is 1.43. The third kappa shape index (κ3) is 5.04. The lowest BCUT2D eigenvalue weighted by Gasteiger charge is -2.13. The average molecular weight is 342 g/mol. The van der Waals surface area contributed by atoms with Crippen molar-refractivity contribution >= 4 is 17.3 Å². The fourth-order valence-electron chi connectivity index (χ4n) is 1.75. The van der Waals surface area contributed by atoms with E-state index in [2.05, 4.69) is 10.3 Å². The molecule has 0 saturated carbocycles. The van der Waals surface area contributed by atoms with Crippen LogP contribution in [0.25, 0.3) is 0 Å². The van der Waals surface area contributed by atoms with Crippen LogP contribution in [0.3, 0.4) is 0 Å². The third-order valence-electron chi connectivity index (χ3n) is 2.80. The first kappa shape index (κ1) is 16.9. The van der Waals surface area contributed by atoms with Crippen LogP contribution in [-0.4, -0.2) is 17.8 Å². The molecule has 0 atom stereocenters. The van der Waals surface area contributed by atoms with Gasteiger partial charge in [0.15, 0.2) is 6.61 Å². The molecule has 0 aliphatic heterocycles. The van der Waals surface area contributed by atoms with Crippen molar-refractivity contribution in [1.29, 1.82) is 5.26 Å². The second-order valence-corrected chi connectivity index (χ2v) is 4.94. The molecule has 0 amide bonds. The Morgan fingerprint density at radius 2 is 2.09 bits per heavy atom. The van der Waals surface area contributed by atoms with E-state index in [4.69, 9.17) is 21.6 Å². The number of rotatable bonds is 5. The maximum atomic E-state index is 12.2. The molecule has 8 heteroatoms. The first-order valence-electron chi connectivity index (χ1n) is 6.46. The fraction of sp³-hybridized carbons (Fsp3) is 0.200. The molecular formula is C15H11ClF3N3O. The van der Waals surface area contributed by atoms with Crippen molar-refractivity contribution in [3.05, 3.63) is 52.7 Å². The Kier molecular flexibility index (Phi) is 5.29. The minimum absolute atomic E-state index is 0.0860. The summed E-state index contributed by atoms with van der Waals surface area (Å²) in [5.74, 6) is -0.0860. The molecule has 1 aromatic heterocycles. The summed E-state index contributed by atoms with van der Waals surface area (Å²) >= 11 is 5.92. The molecule has 1 N–H and O–H groups in total. The van der Waals surface area contributed by atoms with Crippen LogP contribution in [-0.2, 0) is 6.54 Å². The first-order chi connectivity index (χ1) is 10.9. The van der Waals surface area contributed by atoms with Gasteiger partial charge in [0.25, 0.3) is 0 Å². The van der Waals surface area contributed by atoms with Gasteiger partial charge in [-0.3, -0.25) is 0 Å². The highest BCUT2D eigenvalue weighted by Crippen LogP contribution is 2.23. The molecule has 1 heterocycles. The van der Waals surface area contributed by atoms with E-state index in [9.17, 15) is 13.2 Å². The Balaban J connectivity index is 2.06. The number of nitriles is 1. The summed E-state index contributed by atoms with van der Waals surface area (Å²) in [5, 5.41) is 12.1. The number of benzene rings is 1. The number of hydrogen-bond acceptors (Lipinski definition) is 4. The van der Waals surface area contributed by atoms with E-state index in [-0.39, 0.29) is 17.4 Å². The second kappa shape index (κ2) is 7.20. The topological polar surface area (TPSA) is 57.9 Å². The summed E-state index contributed by atoms with van der Waals surface area (Å²) in [6, 6.07) is 9.91. The van der Waals surface area contributed by atoms with Crippen LogP contribution in [0.1, 0.15) is 11.1 Å². The van der Waals surface area contributed by atoms with Crippen molar-refractivity contribution < 1.29 is 17.9 Å². The lowest BCUT2D eigenvalue weighted by Crippen LogP contribution is -2.20. The van der Waals surface area contributed by atoms with Crippen LogP contribution in [0, 0.1) is 11.3 Å². The smallest absolute Gasteiger partial charge is 0.422 e. The minimum atomic E-state index is -4.43. The standard InChI is InChI=1S/C15H11ClF3N3O/c16-13-6-12(4-3-10(13)7-20)22-8-11-2-1-5-21-14(11)23-9-15(17,18)19/h1-6,22H,8-9H2. The average Bonchev–Trinajstić information content (AvgIpc) is 2.51. The summed E-state index contributed by atoms with van der Waals surface area (Å²) in [6.45, 7) is -1.21. The first-order valence-corrected chi connectivity index (χ1v) is 6.84. The minimum Gasteiger partial charge on any atom is -0.468 e. The lowest BCUT2D eigenvalue weighted by molar-refractivity contribution is -0.154. The second-order valence-electron chi connectivity index (χ2n) is 4.53. The van der Waals surface area contributed by atoms with E-state index in [1.54, 1.807) is 30.3 Å². The van der Waals surface area contributed by atoms with Crippen molar-refractivity contribution in [3.8, 4) is 11.9 Å². The van der Waals surface area contributed by atoms with Gasteiger partial charge in [0.05, 0.1) is 10.6 Å². The van der Waals surface area contributed by atoms with Crippen LogP contribution in [0.15, 0.2) is 36.5 Å². The van der Waals surface area contributed by atoms with Gasteiger partial charge < -0.3 is 10.1 Å². The SMILES string of the molecule is N#Cc1ccc(NCc2cccnc2OCC(F)(F)F)cc1Cl. The zero-order valence-electron chi connectivity index (χ0n) is 11.7. The molecule has 0 saturated heterocycles. The van der Waals surface area contributed by atoms with Crippen LogP contribution in [0.5, 0.6) is 5.88 Å². The number of anilines is 1. The van der Waals surface area contributed by atoms with Gasteiger partial charge in [0.2, 0.25) is 5.88 Å². The molecule has 0 aliphatic carbocycles. The largest absolute Gasteiger partial charge is 0.468 e. The Morgan fingerprint density at radius 3 is 2.74 bits per heavy atom. The summed E-state index contributed by atoms with van der Waals surface area (Å²) in [4.78, 5) is 3.81. The zero-order chi connectivity index (χ0) is 16.9. The number of pyridine rings is 1. The van der Waals surface area contributed by atoms with Crippen molar-refractivity contribution in [3.63, 3.8) is 0 Å². The fourth-order valence-corrected chi connectivity index (χ4v) is 1.97. The van der Waals surface area contributed by atoms with Crippen molar-refractivity contribution in [2.45, 2.75) is 12.7 Å². The van der Waals surface area contributed by atoms with Crippen molar-refractivity contribution in [1.82, 2.24) is 4.98 Å². The molecule has 0 aliphatic rings. The maximum absolute atomic E-state index is 12.2. The molecule has 0 radical (unpaired) electrons. The van der Waals surface area contributed by atoms with Crippen molar-refractivity contribution in [2.24, 2.45) is 0 Å². The number of ether oxygens (including phenoxy) is 1. The van der Waals surface area contributed by atoms with Crippen LogP contribution < -0.4 is 10.1 Å². The molecule has 0 bridgehead atoms. The van der Waals surface area contributed by atoms with Crippen LogP contribution >= 0.6 is 11.6 Å². The molecule has 2 aromatic rings. The molecule has 0 fully saturated rings. The predicted molar refractivity (Wildman–Crippen MR) is 79.3 cm³/mol. The third-order valence-corrected chi connectivity index (χ3v) is 3.11. The highest BCUT2D eigenvalue weighted by Gasteiger charge is 2.29. The molecule has 4 nitrogen and oxygen atoms in total. The van der Waals surface area contributed by atoms with Gasteiger partial charge >= 0.3 is 6.18 Å². The summed E-state index contributed by atoms with van der Waals surface area (Å²) < 4.78 is 41.4. The van der Waals surface area contributed by atoms with Gasteiger partial charge in [0.1, 0.15) is 6.07 Å². The summed E-state index contributed by atoms with van der Waals surface area (Å²) in [6.07, 6.45) is -3.07. The Bertz CT molecular complexity index is 729. The molecule has 120 valence electrons. The zero-order valence-corrected chi connectivity index (χ0v) is 12.4. The molecule has 1 aromatic carbocycles. The number of nitrogens with zero attached hydrogens (tertiary/aromatic N) is 2. The highest BCUT2D eigenvalue weighted by atomic mass is 35.5. The number of aromatic nitrogens is 1. The normalized spacial score (nSPS) is 10.9. The van der Waals surface area contributed by atoms with Gasteiger partial charge in [-0.15, -0.1) is 0 Å². The van der Waals surface area contributed by atoms with Gasteiger partial charge in [-0.1, -0.05) is 17.7 Å². The Hall–Kier alpha value is -2.46. The number of halogens is 4. The van der Waals surface area contributed by atoms with Crippen LogP contribution in [0.2, 0.25) is 5.02 Å². The van der Waals surface area contributed by atoms with E-state index in [1.807, 2.05) is 6.07 Å². The number of hydrogen-bond donors (Lipinski definition) is 1. The van der Waals surface area contributed by atoms with E-state index in [0.29, 0.717) is 16.8 Å². The van der Waals surface area contributed by atoms with Crippen molar-refractivity contribution in [2.75, 3.05) is 11.9 Å². The molecular weight excluding hydrogens is 331 g/mol. The van der Waals surface area contributed by atoms with E-state index >= 15 is 0 Å². The summed E-state index contributed by atoms with van der Waals surface area (Å²) in [7, 11) is 0. The Labute approximate surface area is 135 Å². The quantitative estimate of drug-likeness (QED) is 0.887. The van der Waals surface area contributed by atoms with E-state index in [1.165, 1.54) is 6.20 Å². The molecule has 0 spiro atoms. The van der Waals surface area contributed by atoms with Gasteiger partial charge in [-0.2, -0.15) is 18.4 Å². The molecule has 0 unspecified atom stereocenters. The van der Waals surface area contributed by atoms with Gasteiger partial charge in [-0.05, 0) is 24.3 Å². The monoisotopic (exact) mass is 341 g/mol. The van der Waals surface area contributed by atoms with Gasteiger partial charge in [-0.25, -0.2) is 4.98 Å². The number of nitrogens with one attached hydrogen (secondary N) is 1. The van der Waals surface area contributed by atoms with E-state index in [0.717, 1.165) is 0 Å². The van der Waals surface area contributed by atoms with Crippen LogP contribution in [0.4, 0.5) is 18.9 Å². The van der Waals surface area contributed by atoms with E-state index < -0.39 is 12.8 Å². The maximum Gasteiger partial charge on any atom is 0.422 e. The highest BCUT2D eigenvalue weighted by molar-refractivity contribution is 6.32. The molecule has 23 heavy (non-hydrogen) atoms.